The van der Waals surface area contributed by atoms with E-state index in [1.807, 2.05) is 24.3 Å². The van der Waals surface area contributed by atoms with Gasteiger partial charge < -0.3 is 4.74 Å². The first-order chi connectivity index (χ1) is 13.9. The van der Waals surface area contributed by atoms with Gasteiger partial charge in [-0.1, -0.05) is 29.5 Å². The van der Waals surface area contributed by atoms with E-state index in [4.69, 9.17) is 4.74 Å². The minimum atomic E-state index is -3.12. The van der Waals surface area contributed by atoms with Crippen LogP contribution in [0.25, 0.3) is 10.2 Å². The van der Waals surface area contributed by atoms with Gasteiger partial charge in [0.1, 0.15) is 11.6 Å². The lowest BCUT2D eigenvalue weighted by Gasteiger charge is -2.32. The molecule has 2 atom stereocenters. The summed E-state index contributed by atoms with van der Waals surface area (Å²) in [5.41, 5.74) is 1.74. The summed E-state index contributed by atoms with van der Waals surface area (Å²) in [5.74, 6) is 0.360. The van der Waals surface area contributed by atoms with Gasteiger partial charge in [-0.05, 0) is 36.2 Å². The lowest BCUT2D eigenvalue weighted by atomic mass is 10.2. The number of hydrogen-bond acceptors (Lipinski definition) is 6. The van der Waals surface area contributed by atoms with E-state index >= 15 is 0 Å². The highest BCUT2D eigenvalue weighted by Crippen LogP contribution is 2.35. The smallest absolute Gasteiger partial charge is 0.279 e. The highest BCUT2D eigenvalue weighted by atomic mass is 32.2. The fourth-order valence-electron chi connectivity index (χ4n) is 4.25. The molecule has 152 valence electrons. The van der Waals surface area contributed by atoms with Crippen LogP contribution in [0.3, 0.4) is 0 Å². The van der Waals surface area contributed by atoms with Crippen molar-refractivity contribution < 1.29 is 17.5 Å². The van der Waals surface area contributed by atoms with Gasteiger partial charge in [0.25, 0.3) is 5.19 Å². The average Bonchev–Trinajstić information content (AvgIpc) is 3.37. The third-order valence-electron chi connectivity index (χ3n) is 5.59. The van der Waals surface area contributed by atoms with Crippen LogP contribution in [-0.2, 0) is 16.6 Å². The average molecular weight is 434 g/mol. The summed E-state index contributed by atoms with van der Waals surface area (Å²) in [5, 5.41) is 0.413. The molecule has 2 saturated heterocycles. The van der Waals surface area contributed by atoms with Crippen molar-refractivity contribution >= 4 is 31.6 Å². The van der Waals surface area contributed by atoms with Gasteiger partial charge in [0.15, 0.2) is 0 Å². The molecule has 29 heavy (non-hydrogen) atoms. The maximum atomic E-state index is 13.8. The molecule has 3 heterocycles. The van der Waals surface area contributed by atoms with E-state index in [9.17, 15) is 12.8 Å². The fraction of sp³-hybridized carbons (Fsp3) is 0.350. The van der Waals surface area contributed by atoms with Crippen molar-refractivity contribution in [3.05, 3.63) is 53.8 Å². The van der Waals surface area contributed by atoms with Gasteiger partial charge in [0.2, 0.25) is 10.0 Å². The number of sulfonamides is 1. The van der Waals surface area contributed by atoms with Gasteiger partial charge in [-0.2, -0.15) is 4.31 Å². The van der Waals surface area contributed by atoms with Gasteiger partial charge in [-0.3, -0.25) is 4.90 Å². The second kappa shape index (κ2) is 7.02. The topological polar surface area (TPSA) is 62.7 Å². The van der Waals surface area contributed by atoms with E-state index in [0.717, 1.165) is 25.1 Å². The predicted octanol–water partition coefficient (Wildman–Crippen LogP) is 3.45. The Hall–Kier alpha value is -2.07. The molecule has 0 unspecified atom stereocenters. The van der Waals surface area contributed by atoms with Crippen molar-refractivity contribution in [2.24, 2.45) is 0 Å². The summed E-state index contributed by atoms with van der Waals surface area (Å²) in [4.78, 5) is 6.67. The minimum Gasteiger partial charge on any atom is -0.431 e. The number of ether oxygens (including phenoxy) is 1. The molecule has 1 aromatic heterocycles. The van der Waals surface area contributed by atoms with Crippen LogP contribution < -0.4 is 4.74 Å². The summed E-state index contributed by atoms with van der Waals surface area (Å²) in [6, 6.07) is 13.0. The number of nitrogens with zero attached hydrogens (tertiary/aromatic N) is 3. The Morgan fingerprint density at radius 3 is 2.62 bits per heavy atom. The maximum absolute atomic E-state index is 13.8. The number of aromatic nitrogens is 1. The Kier molecular flexibility index (Phi) is 4.58. The molecule has 0 spiro atoms. The number of likely N-dealkylation sites (tertiary alicyclic amines) is 1. The number of fused-ring (bicyclic) bond motifs is 3. The monoisotopic (exact) mass is 433 g/mol. The Morgan fingerprint density at radius 1 is 1.17 bits per heavy atom. The van der Waals surface area contributed by atoms with Gasteiger partial charge in [-0.25, -0.2) is 17.8 Å². The van der Waals surface area contributed by atoms with E-state index in [0.29, 0.717) is 27.7 Å². The zero-order valence-electron chi connectivity index (χ0n) is 15.8. The summed E-state index contributed by atoms with van der Waals surface area (Å²) in [6.07, 6.45) is 2.19. The molecular formula is C20H20FN3O3S2. The van der Waals surface area contributed by atoms with Gasteiger partial charge in [-0.15, -0.1) is 0 Å². The molecule has 9 heteroatoms. The summed E-state index contributed by atoms with van der Waals surface area (Å²) < 4.78 is 45.4. The van der Waals surface area contributed by atoms with E-state index in [2.05, 4.69) is 9.88 Å². The molecule has 0 amide bonds. The molecule has 0 saturated carbocycles. The molecule has 2 bridgehead atoms. The second-order valence-electron chi connectivity index (χ2n) is 7.62. The molecule has 0 aliphatic carbocycles. The van der Waals surface area contributed by atoms with Crippen molar-refractivity contribution in [1.29, 1.82) is 0 Å². The largest absolute Gasteiger partial charge is 0.431 e. The molecule has 2 aliphatic heterocycles. The number of benzene rings is 2. The Labute approximate surface area is 172 Å². The van der Waals surface area contributed by atoms with Crippen LogP contribution in [-0.4, -0.2) is 54.0 Å². The quantitative estimate of drug-likeness (QED) is 0.617. The third-order valence-corrected chi connectivity index (χ3v) is 7.85. The van der Waals surface area contributed by atoms with Crippen molar-refractivity contribution in [3.8, 4) is 10.9 Å². The summed E-state index contributed by atoms with van der Waals surface area (Å²) in [7, 11) is -3.12. The van der Waals surface area contributed by atoms with Gasteiger partial charge >= 0.3 is 0 Å². The maximum Gasteiger partial charge on any atom is 0.279 e. The van der Waals surface area contributed by atoms with Crippen LogP contribution in [0.2, 0.25) is 0 Å². The van der Waals surface area contributed by atoms with Crippen LogP contribution in [0.4, 0.5) is 4.39 Å². The van der Waals surface area contributed by atoms with Crippen molar-refractivity contribution in [2.75, 3.05) is 19.3 Å². The first kappa shape index (κ1) is 18.9. The van der Waals surface area contributed by atoms with Crippen molar-refractivity contribution in [3.63, 3.8) is 0 Å². The normalized spacial score (nSPS) is 22.6. The Bertz CT molecular complexity index is 1160. The van der Waals surface area contributed by atoms with E-state index in [1.54, 1.807) is 16.4 Å². The molecule has 2 aromatic carbocycles. The predicted molar refractivity (Wildman–Crippen MR) is 110 cm³/mol. The number of hydrogen-bond donors (Lipinski definition) is 0. The standard InChI is InChI=1S/C20H20FN3O3S2/c1-29(25,26)24-12-14-9-15(24)11-23(14)10-13-5-7-16(8-6-13)27-20-22-18-4-2-3-17(21)19(18)28-20/h2-8,14-15H,9-12H2,1H3/t14-,15-/m1/s1. The van der Waals surface area contributed by atoms with Crippen LogP contribution >= 0.6 is 11.3 Å². The van der Waals surface area contributed by atoms with Crippen LogP contribution in [0.15, 0.2) is 42.5 Å². The SMILES string of the molecule is CS(=O)(=O)N1C[C@H]2C[C@@H]1CN2Cc1ccc(Oc2nc3cccc(F)c3s2)cc1. The Morgan fingerprint density at radius 2 is 1.97 bits per heavy atom. The molecule has 0 N–H and O–H groups in total. The van der Waals surface area contributed by atoms with Crippen molar-refractivity contribution in [1.82, 2.24) is 14.2 Å². The first-order valence-corrected chi connectivity index (χ1v) is 12.1. The molecule has 6 nitrogen and oxygen atoms in total. The van der Waals surface area contributed by atoms with Crippen LogP contribution in [0, 0.1) is 5.82 Å². The first-order valence-electron chi connectivity index (χ1n) is 9.39. The lowest BCUT2D eigenvalue weighted by molar-refractivity contribution is 0.175. The molecule has 5 rings (SSSR count). The molecule has 0 radical (unpaired) electrons. The highest BCUT2D eigenvalue weighted by Gasteiger charge is 2.46. The lowest BCUT2D eigenvalue weighted by Crippen LogP contribution is -2.47. The van der Waals surface area contributed by atoms with E-state index in [-0.39, 0.29) is 17.9 Å². The van der Waals surface area contributed by atoms with Crippen LogP contribution in [0.5, 0.6) is 10.9 Å². The molecule has 2 fully saturated rings. The minimum absolute atomic E-state index is 0.0945. The summed E-state index contributed by atoms with van der Waals surface area (Å²) >= 11 is 1.19. The fourth-order valence-corrected chi connectivity index (χ4v) is 6.23. The van der Waals surface area contributed by atoms with Crippen molar-refractivity contribution in [2.45, 2.75) is 25.0 Å². The summed E-state index contributed by atoms with van der Waals surface area (Å²) in [6.45, 7) is 2.14. The van der Waals surface area contributed by atoms with Gasteiger partial charge in [0, 0.05) is 31.7 Å². The third kappa shape index (κ3) is 3.63. The molecular weight excluding hydrogens is 413 g/mol. The van der Waals surface area contributed by atoms with E-state index in [1.165, 1.54) is 23.7 Å². The zero-order chi connectivity index (χ0) is 20.2. The highest BCUT2D eigenvalue weighted by molar-refractivity contribution is 7.88. The number of thiazole rings is 1. The number of piperazine rings is 1. The zero-order valence-corrected chi connectivity index (χ0v) is 17.4. The number of rotatable bonds is 5. The van der Waals surface area contributed by atoms with E-state index < -0.39 is 10.0 Å². The number of halogens is 1. The van der Waals surface area contributed by atoms with Crippen LogP contribution in [0.1, 0.15) is 12.0 Å². The second-order valence-corrected chi connectivity index (χ2v) is 10.5. The Balaban J connectivity index is 1.24. The molecule has 3 aromatic rings. The van der Waals surface area contributed by atoms with Gasteiger partial charge in [0.05, 0.1) is 16.5 Å². The molecule has 2 aliphatic rings.